The van der Waals surface area contributed by atoms with E-state index in [9.17, 15) is 0 Å². The molecular weight excluding hydrogens is 214 g/mol. The van der Waals surface area contributed by atoms with E-state index >= 15 is 0 Å². The summed E-state index contributed by atoms with van der Waals surface area (Å²) in [5.41, 5.74) is 1.14. The molecule has 17 heavy (non-hydrogen) atoms. The van der Waals surface area contributed by atoms with Crippen LogP contribution >= 0.6 is 0 Å². The van der Waals surface area contributed by atoms with Gasteiger partial charge in [-0.1, -0.05) is 0 Å². The maximum Gasteiger partial charge on any atom is 0.110 e. The Kier molecular flexibility index (Phi) is 3.93. The first-order valence-corrected chi connectivity index (χ1v) is 5.91. The molecule has 0 bridgehead atoms. The molecule has 0 atom stereocenters. The summed E-state index contributed by atoms with van der Waals surface area (Å²) in [6.07, 6.45) is 9.73. The summed E-state index contributed by atoms with van der Waals surface area (Å²) in [4.78, 5) is 8.68. The van der Waals surface area contributed by atoms with Crippen molar-refractivity contribution >= 4 is 0 Å². The Morgan fingerprint density at radius 1 is 1.29 bits per heavy atom. The summed E-state index contributed by atoms with van der Waals surface area (Å²) < 4.78 is 4.18. The van der Waals surface area contributed by atoms with Crippen molar-refractivity contribution in [3.8, 4) is 0 Å². The van der Waals surface area contributed by atoms with Crippen LogP contribution in [-0.4, -0.2) is 32.7 Å². The maximum atomic E-state index is 4.37. The van der Waals surface area contributed by atoms with Gasteiger partial charge >= 0.3 is 0 Å². The summed E-state index contributed by atoms with van der Waals surface area (Å²) in [6.45, 7) is 1.90. The van der Waals surface area contributed by atoms with Crippen LogP contribution in [-0.2, 0) is 26.4 Å². The molecule has 92 valence electrons. The molecule has 0 spiro atoms. The predicted molar refractivity (Wildman–Crippen MR) is 66.8 cm³/mol. The van der Waals surface area contributed by atoms with Gasteiger partial charge in [-0.15, -0.1) is 0 Å². The van der Waals surface area contributed by atoms with Crippen LogP contribution in [0.15, 0.2) is 24.9 Å². The largest absolute Gasteiger partial charge is 0.338 e. The lowest BCUT2D eigenvalue weighted by Crippen LogP contribution is -2.10. The average molecular weight is 233 g/mol. The van der Waals surface area contributed by atoms with Crippen LogP contribution in [0.5, 0.6) is 0 Å². The highest BCUT2D eigenvalue weighted by Gasteiger charge is 2.01. The van der Waals surface area contributed by atoms with Gasteiger partial charge in [0.05, 0.1) is 12.0 Å². The lowest BCUT2D eigenvalue weighted by atomic mass is 10.3. The second-order valence-corrected chi connectivity index (χ2v) is 4.16. The molecule has 0 saturated carbocycles. The van der Waals surface area contributed by atoms with Gasteiger partial charge in [0.25, 0.3) is 0 Å². The number of aromatic nitrogens is 4. The van der Waals surface area contributed by atoms with Crippen molar-refractivity contribution < 1.29 is 0 Å². The van der Waals surface area contributed by atoms with Crippen molar-refractivity contribution in [3.05, 3.63) is 36.4 Å². The molecule has 0 aliphatic heterocycles. The second kappa shape index (κ2) is 5.63. The van der Waals surface area contributed by atoms with Crippen LogP contribution in [0.2, 0.25) is 0 Å². The number of nitrogens with zero attached hydrogens (tertiary/aromatic N) is 4. The van der Waals surface area contributed by atoms with Crippen molar-refractivity contribution in [1.82, 2.24) is 24.4 Å². The van der Waals surface area contributed by atoms with Crippen LogP contribution in [0, 0.1) is 0 Å². The van der Waals surface area contributed by atoms with Crippen molar-refractivity contribution in [2.75, 3.05) is 13.6 Å². The van der Waals surface area contributed by atoms with Gasteiger partial charge in [-0.2, -0.15) is 0 Å². The summed E-state index contributed by atoms with van der Waals surface area (Å²) in [7, 11) is 3.98. The molecule has 2 rings (SSSR count). The van der Waals surface area contributed by atoms with Gasteiger partial charge in [-0.25, -0.2) is 9.97 Å². The molecule has 1 N–H and O–H groups in total. The Labute approximate surface area is 102 Å². The highest BCUT2D eigenvalue weighted by Crippen LogP contribution is 2.01. The lowest BCUT2D eigenvalue weighted by molar-refractivity contribution is 0.649. The highest BCUT2D eigenvalue weighted by molar-refractivity contribution is 4.98. The third-order valence-corrected chi connectivity index (χ3v) is 2.83. The first kappa shape index (κ1) is 11.9. The zero-order chi connectivity index (χ0) is 12.1. The first-order chi connectivity index (χ1) is 8.29. The van der Waals surface area contributed by atoms with Gasteiger partial charge in [0.1, 0.15) is 5.82 Å². The number of hydrogen-bond acceptors (Lipinski definition) is 3. The number of imidazole rings is 2. The van der Waals surface area contributed by atoms with E-state index in [0.29, 0.717) is 0 Å². The van der Waals surface area contributed by atoms with Gasteiger partial charge in [-0.3, -0.25) is 0 Å². The fraction of sp³-hybridized carbons (Fsp3) is 0.500. The smallest absolute Gasteiger partial charge is 0.110 e. The fourth-order valence-electron chi connectivity index (χ4n) is 1.78. The van der Waals surface area contributed by atoms with Gasteiger partial charge in [0.15, 0.2) is 0 Å². The van der Waals surface area contributed by atoms with Crippen LogP contribution in [0.25, 0.3) is 0 Å². The quantitative estimate of drug-likeness (QED) is 0.795. The van der Waals surface area contributed by atoms with Crippen molar-refractivity contribution in [1.29, 1.82) is 0 Å². The topological polar surface area (TPSA) is 47.7 Å². The summed E-state index contributed by atoms with van der Waals surface area (Å²) >= 11 is 0. The number of likely N-dealkylation sites (N-methyl/N-ethyl adjacent to an activating group) is 1. The summed E-state index contributed by atoms with van der Waals surface area (Å²) in [6, 6.07) is 0. The van der Waals surface area contributed by atoms with E-state index in [1.165, 1.54) is 0 Å². The third-order valence-electron chi connectivity index (χ3n) is 2.83. The minimum atomic E-state index is 0.928. The Hall–Kier alpha value is -1.62. The molecule has 0 fully saturated rings. The zero-order valence-corrected chi connectivity index (χ0v) is 10.4. The van der Waals surface area contributed by atoms with Crippen LogP contribution < -0.4 is 5.32 Å². The van der Waals surface area contributed by atoms with Crippen LogP contribution in [0.1, 0.15) is 11.5 Å². The SMILES string of the molecule is CNCCc1cn(CCc2nccn2C)cn1. The highest BCUT2D eigenvalue weighted by atomic mass is 15.1. The van der Waals surface area contributed by atoms with E-state index in [4.69, 9.17) is 0 Å². The van der Waals surface area contributed by atoms with E-state index in [0.717, 1.165) is 37.4 Å². The molecule has 2 aromatic heterocycles. The summed E-state index contributed by atoms with van der Waals surface area (Å²) in [5, 5.41) is 3.12. The van der Waals surface area contributed by atoms with Gasteiger partial charge in [0, 0.05) is 51.6 Å². The van der Waals surface area contributed by atoms with E-state index in [2.05, 4.69) is 30.6 Å². The minimum Gasteiger partial charge on any atom is -0.338 e. The van der Waals surface area contributed by atoms with E-state index in [1.807, 2.05) is 32.8 Å². The Balaban J connectivity index is 1.87. The standard InChI is InChI=1S/C12H19N5/c1-13-5-3-11-9-17(10-15-11)7-4-12-14-6-8-16(12)2/h6,8-10,13H,3-5,7H2,1-2H3. The Morgan fingerprint density at radius 2 is 2.18 bits per heavy atom. The molecule has 0 aromatic carbocycles. The number of nitrogens with one attached hydrogen (secondary N) is 1. The molecule has 0 amide bonds. The molecule has 2 aromatic rings. The van der Waals surface area contributed by atoms with E-state index in [1.54, 1.807) is 0 Å². The van der Waals surface area contributed by atoms with Gasteiger partial charge < -0.3 is 14.5 Å². The molecule has 0 saturated heterocycles. The number of aryl methyl sites for hydroxylation is 3. The molecule has 0 aliphatic carbocycles. The maximum absolute atomic E-state index is 4.37. The van der Waals surface area contributed by atoms with Crippen molar-refractivity contribution in [2.45, 2.75) is 19.4 Å². The molecule has 2 heterocycles. The van der Waals surface area contributed by atoms with Crippen LogP contribution in [0.4, 0.5) is 0 Å². The summed E-state index contributed by atoms with van der Waals surface area (Å²) in [5.74, 6) is 1.11. The van der Waals surface area contributed by atoms with Crippen LogP contribution in [0.3, 0.4) is 0 Å². The molecule has 0 unspecified atom stereocenters. The number of rotatable bonds is 6. The van der Waals surface area contributed by atoms with E-state index < -0.39 is 0 Å². The molecule has 0 aliphatic rings. The fourth-order valence-corrected chi connectivity index (χ4v) is 1.78. The third kappa shape index (κ3) is 3.17. The molecular formula is C12H19N5. The minimum absolute atomic E-state index is 0.928. The second-order valence-electron chi connectivity index (χ2n) is 4.16. The van der Waals surface area contributed by atoms with Gasteiger partial charge in [-0.05, 0) is 7.05 Å². The average Bonchev–Trinajstić information content (AvgIpc) is 2.93. The monoisotopic (exact) mass is 233 g/mol. The Morgan fingerprint density at radius 3 is 2.88 bits per heavy atom. The van der Waals surface area contributed by atoms with Gasteiger partial charge in [0.2, 0.25) is 0 Å². The lowest BCUT2D eigenvalue weighted by Gasteiger charge is -2.02. The van der Waals surface area contributed by atoms with Crippen molar-refractivity contribution in [2.24, 2.45) is 7.05 Å². The predicted octanol–water partition coefficient (Wildman–Crippen LogP) is 0.621. The zero-order valence-electron chi connectivity index (χ0n) is 10.4. The normalized spacial score (nSPS) is 10.9. The molecule has 5 nitrogen and oxygen atoms in total. The molecule has 5 heteroatoms. The Bertz CT molecular complexity index is 457. The first-order valence-electron chi connectivity index (χ1n) is 5.91. The molecule has 0 radical (unpaired) electrons. The van der Waals surface area contributed by atoms with Crippen molar-refractivity contribution in [3.63, 3.8) is 0 Å². The van der Waals surface area contributed by atoms with E-state index in [-0.39, 0.29) is 0 Å². The number of hydrogen-bond donors (Lipinski definition) is 1.